The SMILES string of the molecule is C[C@@H]1CN(C(=O)c2ccc(C3CCCO3)s2)C[C@H](C)O1. The van der Waals surface area contributed by atoms with Gasteiger partial charge in [-0.3, -0.25) is 4.79 Å². The van der Waals surface area contributed by atoms with Gasteiger partial charge in [-0.25, -0.2) is 0 Å². The van der Waals surface area contributed by atoms with E-state index in [2.05, 4.69) is 0 Å². The van der Waals surface area contributed by atoms with E-state index in [1.807, 2.05) is 30.9 Å². The second-order valence-electron chi connectivity index (χ2n) is 5.67. The van der Waals surface area contributed by atoms with Crippen LogP contribution < -0.4 is 0 Å². The lowest BCUT2D eigenvalue weighted by molar-refractivity contribution is -0.0585. The second-order valence-corrected chi connectivity index (χ2v) is 6.79. The van der Waals surface area contributed by atoms with Gasteiger partial charge in [-0.05, 0) is 38.8 Å². The zero-order valence-corrected chi connectivity index (χ0v) is 12.8. The molecule has 5 heteroatoms. The largest absolute Gasteiger partial charge is 0.373 e. The molecule has 1 unspecified atom stereocenters. The maximum atomic E-state index is 12.6. The molecular weight excluding hydrogens is 274 g/mol. The number of ether oxygens (including phenoxy) is 2. The average Bonchev–Trinajstić information content (AvgIpc) is 3.07. The first-order valence-corrected chi connectivity index (χ1v) is 8.11. The normalized spacial score (nSPS) is 30.7. The molecule has 0 aromatic carbocycles. The third kappa shape index (κ3) is 2.90. The molecule has 20 heavy (non-hydrogen) atoms. The van der Waals surface area contributed by atoms with E-state index in [0.717, 1.165) is 24.3 Å². The van der Waals surface area contributed by atoms with Crippen molar-refractivity contribution >= 4 is 17.2 Å². The molecule has 1 amide bonds. The minimum Gasteiger partial charge on any atom is -0.373 e. The summed E-state index contributed by atoms with van der Waals surface area (Å²) in [6.45, 7) is 6.22. The molecule has 0 saturated carbocycles. The van der Waals surface area contributed by atoms with Crippen molar-refractivity contribution in [2.45, 2.75) is 45.0 Å². The van der Waals surface area contributed by atoms with Crippen molar-refractivity contribution in [3.8, 4) is 0 Å². The summed E-state index contributed by atoms with van der Waals surface area (Å²) in [6, 6.07) is 3.98. The van der Waals surface area contributed by atoms with E-state index >= 15 is 0 Å². The van der Waals surface area contributed by atoms with E-state index in [9.17, 15) is 4.79 Å². The van der Waals surface area contributed by atoms with Gasteiger partial charge in [-0.1, -0.05) is 0 Å². The van der Waals surface area contributed by atoms with E-state index in [4.69, 9.17) is 9.47 Å². The predicted octanol–water partition coefficient (Wildman–Crippen LogP) is 2.85. The van der Waals surface area contributed by atoms with Gasteiger partial charge in [0.2, 0.25) is 0 Å². The first-order valence-electron chi connectivity index (χ1n) is 7.29. The molecule has 0 N–H and O–H groups in total. The Kier molecular flexibility index (Phi) is 4.10. The highest BCUT2D eigenvalue weighted by atomic mass is 32.1. The minimum atomic E-state index is 0.111. The van der Waals surface area contributed by atoms with E-state index < -0.39 is 0 Å². The standard InChI is InChI=1S/C15H21NO3S/c1-10-8-16(9-11(2)19-10)15(17)14-6-5-13(20-14)12-4-3-7-18-12/h5-6,10-12H,3-4,7-9H2,1-2H3/t10-,11+,12?. The van der Waals surface area contributed by atoms with Gasteiger partial charge in [0, 0.05) is 24.6 Å². The highest BCUT2D eigenvalue weighted by molar-refractivity contribution is 7.14. The molecule has 2 saturated heterocycles. The Morgan fingerprint density at radius 3 is 2.70 bits per heavy atom. The minimum absolute atomic E-state index is 0.111. The van der Waals surface area contributed by atoms with Gasteiger partial charge in [0.15, 0.2) is 0 Å². The van der Waals surface area contributed by atoms with Gasteiger partial charge in [0.25, 0.3) is 5.91 Å². The molecule has 0 aliphatic carbocycles. The number of hydrogen-bond donors (Lipinski definition) is 0. The molecular formula is C15H21NO3S. The van der Waals surface area contributed by atoms with Crippen LogP contribution in [0, 0.1) is 0 Å². The van der Waals surface area contributed by atoms with Gasteiger partial charge < -0.3 is 14.4 Å². The molecule has 2 aliphatic rings. The summed E-state index contributed by atoms with van der Waals surface area (Å²) in [6.07, 6.45) is 2.61. The van der Waals surface area contributed by atoms with Crippen LogP contribution in [0.15, 0.2) is 12.1 Å². The summed E-state index contributed by atoms with van der Waals surface area (Å²) in [5, 5.41) is 0. The first-order chi connectivity index (χ1) is 9.63. The number of nitrogens with zero attached hydrogens (tertiary/aromatic N) is 1. The third-order valence-electron chi connectivity index (χ3n) is 3.79. The van der Waals surface area contributed by atoms with Crippen molar-refractivity contribution < 1.29 is 14.3 Å². The molecule has 1 aromatic heterocycles. The van der Waals surface area contributed by atoms with Crippen molar-refractivity contribution in [1.82, 2.24) is 4.90 Å². The first kappa shape index (κ1) is 14.0. The summed E-state index contributed by atoms with van der Waals surface area (Å²) in [4.78, 5) is 16.5. The maximum absolute atomic E-state index is 12.6. The Hall–Kier alpha value is -0.910. The van der Waals surface area contributed by atoms with Crippen LogP contribution in [0.2, 0.25) is 0 Å². The fraction of sp³-hybridized carbons (Fsp3) is 0.667. The fourth-order valence-electron chi connectivity index (χ4n) is 2.94. The topological polar surface area (TPSA) is 38.8 Å². The van der Waals surface area contributed by atoms with Crippen molar-refractivity contribution in [3.05, 3.63) is 21.9 Å². The number of carbonyl (C=O) groups is 1. The number of rotatable bonds is 2. The summed E-state index contributed by atoms with van der Waals surface area (Å²) < 4.78 is 11.4. The monoisotopic (exact) mass is 295 g/mol. The van der Waals surface area contributed by atoms with Crippen molar-refractivity contribution in [1.29, 1.82) is 0 Å². The molecule has 3 heterocycles. The fourth-order valence-corrected chi connectivity index (χ4v) is 4.00. The van der Waals surface area contributed by atoms with Crippen molar-refractivity contribution in [2.24, 2.45) is 0 Å². The molecule has 4 nitrogen and oxygen atoms in total. The zero-order chi connectivity index (χ0) is 14.1. The highest BCUT2D eigenvalue weighted by Gasteiger charge is 2.28. The lowest BCUT2D eigenvalue weighted by atomic mass is 10.2. The Morgan fingerprint density at radius 2 is 2.05 bits per heavy atom. The Labute approximate surface area is 123 Å². The predicted molar refractivity (Wildman–Crippen MR) is 78.2 cm³/mol. The number of amides is 1. The van der Waals surface area contributed by atoms with Crippen LogP contribution in [0.4, 0.5) is 0 Å². The molecule has 1 aromatic rings. The summed E-state index contributed by atoms with van der Waals surface area (Å²) in [5.41, 5.74) is 0. The van der Waals surface area contributed by atoms with Crippen LogP contribution in [-0.2, 0) is 9.47 Å². The molecule has 2 aliphatic heterocycles. The summed E-state index contributed by atoms with van der Waals surface area (Å²) in [7, 11) is 0. The quantitative estimate of drug-likeness (QED) is 0.842. The molecule has 0 bridgehead atoms. The van der Waals surface area contributed by atoms with Gasteiger partial charge in [-0.2, -0.15) is 0 Å². The van der Waals surface area contributed by atoms with Gasteiger partial charge in [-0.15, -0.1) is 11.3 Å². The van der Waals surface area contributed by atoms with Gasteiger partial charge in [0.05, 0.1) is 23.2 Å². The average molecular weight is 295 g/mol. The molecule has 0 spiro atoms. The zero-order valence-electron chi connectivity index (χ0n) is 12.0. The lowest BCUT2D eigenvalue weighted by Gasteiger charge is -2.35. The highest BCUT2D eigenvalue weighted by Crippen LogP contribution is 2.33. The third-order valence-corrected chi connectivity index (χ3v) is 4.96. The van der Waals surface area contributed by atoms with Gasteiger partial charge >= 0.3 is 0 Å². The Morgan fingerprint density at radius 1 is 1.30 bits per heavy atom. The van der Waals surface area contributed by atoms with Crippen molar-refractivity contribution in [2.75, 3.05) is 19.7 Å². The van der Waals surface area contributed by atoms with Crippen LogP contribution in [0.1, 0.15) is 47.3 Å². The van der Waals surface area contributed by atoms with E-state index in [0.29, 0.717) is 13.1 Å². The smallest absolute Gasteiger partial charge is 0.264 e. The molecule has 3 rings (SSSR count). The van der Waals surface area contributed by atoms with Crippen LogP contribution in [-0.4, -0.2) is 42.7 Å². The second kappa shape index (κ2) is 5.84. The van der Waals surface area contributed by atoms with E-state index in [1.165, 1.54) is 4.88 Å². The molecule has 110 valence electrons. The van der Waals surface area contributed by atoms with Crippen LogP contribution in [0.25, 0.3) is 0 Å². The maximum Gasteiger partial charge on any atom is 0.264 e. The molecule has 2 fully saturated rings. The summed E-state index contributed by atoms with van der Waals surface area (Å²) >= 11 is 1.58. The van der Waals surface area contributed by atoms with Crippen LogP contribution in [0.5, 0.6) is 0 Å². The number of thiophene rings is 1. The molecule has 3 atom stereocenters. The number of morpholine rings is 1. The molecule has 0 radical (unpaired) electrons. The summed E-state index contributed by atoms with van der Waals surface area (Å²) in [5.74, 6) is 0.126. The number of carbonyl (C=O) groups excluding carboxylic acids is 1. The van der Waals surface area contributed by atoms with Crippen LogP contribution >= 0.6 is 11.3 Å². The van der Waals surface area contributed by atoms with E-state index in [-0.39, 0.29) is 24.2 Å². The lowest BCUT2D eigenvalue weighted by Crippen LogP contribution is -2.48. The Bertz CT molecular complexity index is 471. The number of hydrogen-bond acceptors (Lipinski definition) is 4. The van der Waals surface area contributed by atoms with Crippen LogP contribution in [0.3, 0.4) is 0 Å². The van der Waals surface area contributed by atoms with Gasteiger partial charge in [0.1, 0.15) is 0 Å². The Balaban J connectivity index is 1.70. The van der Waals surface area contributed by atoms with Crippen molar-refractivity contribution in [3.63, 3.8) is 0 Å². The van der Waals surface area contributed by atoms with E-state index in [1.54, 1.807) is 11.3 Å².